The molecular formula is C7H3Cl2F13Si. The minimum absolute atomic E-state index is 0.153. The average Bonchev–Trinajstić information content (AvgIpc) is 2.24. The van der Waals surface area contributed by atoms with Gasteiger partial charge in [0.2, 0.25) is 0 Å². The van der Waals surface area contributed by atoms with Crippen molar-refractivity contribution in [2.75, 3.05) is 0 Å². The van der Waals surface area contributed by atoms with Crippen molar-refractivity contribution in [1.29, 1.82) is 0 Å². The number of hydrogen-bond donors (Lipinski definition) is 0. The zero-order valence-electron chi connectivity index (χ0n) is 10.2. The molecule has 140 valence electrons. The Morgan fingerprint density at radius 2 is 0.783 bits per heavy atom. The molecule has 0 nitrogen and oxygen atoms in total. The maximum atomic E-state index is 13.1. The van der Waals surface area contributed by atoms with Crippen molar-refractivity contribution in [1.82, 2.24) is 0 Å². The van der Waals surface area contributed by atoms with Crippen molar-refractivity contribution in [3.05, 3.63) is 0 Å². The molecule has 0 aromatic carbocycles. The molecule has 16 heteroatoms. The molecule has 0 radical (unpaired) electrons. The summed E-state index contributed by atoms with van der Waals surface area (Å²) >= 11 is 9.11. The molecule has 0 amide bonds. The van der Waals surface area contributed by atoms with Gasteiger partial charge in [-0.15, -0.1) is 22.2 Å². The van der Waals surface area contributed by atoms with E-state index in [2.05, 4.69) is 22.2 Å². The fraction of sp³-hybridized carbons (Fsp3) is 1.00. The topological polar surface area (TPSA) is 0 Å². The highest BCUT2D eigenvalue weighted by Gasteiger charge is 2.92. The minimum Gasteiger partial charge on any atom is -0.201 e. The lowest BCUT2D eigenvalue weighted by Crippen LogP contribution is -2.72. The maximum Gasteiger partial charge on any atom is 0.460 e. The van der Waals surface area contributed by atoms with Gasteiger partial charge < -0.3 is 0 Å². The Labute approximate surface area is 128 Å². The lowest BCUT2D eigenvalue weighted by Gasteiger charge is -2.41. The van der Waals surface area contributed by atoms with Crippen LogP contribution in [-0.4, -0.2) is 42.1 Å². The molecule has 0 saturated carbocycles. The van der Waals surface area contributed by atoms with Crippen LogP contribution in [0, 0.1) is 0 Å². The van der Waals surface area contributed by atoms with Gasteiger partial charge in [-0.3, -0.25) is 0 Å². The molecular weight excluding hydrogens is 430 g/mol. The smallest absolute Gasteiger partial charge is 0.201 e. The fourth-order valence-corrected chi connectivity index (χ4v) is 2.47. The second kappa shape index (κ2) is 5.44. The van der Waals surface area contributed by atoms with Crippen LogP contribution in [0.1, 0.15) is 0 Å². The Morgan fingerprint density at radius 3 is 1.00 bits per heavy atom. The highest BCUT2D eigenvalue weighted by Crippen LogP contribution is 2.62. The van der Waals surface area contributed by atoms with Crippen molar-refractivity contribution in [2.45, 2.75) is 42.0 Å². The summed E-state index contributed by atoms with van der Waals surface area (Å²) in [4.78, 5) is 0. The van der Waals surface area contributed by atoms with Gasteiger partial charge in [-0.1, -0.05) is 0 Å². The molecule has 0 heterocycles. The molecule has 0 aromatic rings. The molecule has 23 heavy (non-hydrogen) atoms. The molecule has 0 aliphatic rings. The summed E-state index contributed by atoms with van der Waals surface area (Å²) in [5, 5.41) is 0. The van der Waals surface area contributed by atoms with Crippen molar-refractivity contribution in [3.63, 3.8) is 0 Å². The van der Waals surface area contributed by atoms with E-state index in [4.69, 9.17) is 0 Å². The predicted octanol–water partition coefficient (Wildman–Crippen LogP) is 5.81. The first-order valence-electron chi connectivity index (χ1n) is 4.83. The first-order valence-corrected chi connectivity index (χ1v) is 9.36. The van der Waals surface area contributed by atoms with Crippen molar-refractivity contribution < 1.29 is 57.1 Å². The van der Waals surface area contributed by atoms with Crippen LogP contribution < -0.4 is 0 Å². The molecule has 0 bridgehead atoms. The Kier molecular flexibility index (Phi) is 5.42. The molecule has 0 fully saturated rings. The van der Waals surface area contributed by atoms with E-state index in [1.54, 1.807) is 0 Å². The Hall–Kier alpha value is -0.113. The van der Waals surface area contributed by atoms with E-state index in [9.17, 15) is 57.1 Å². The van der Waals surface area contributed by atoms with Crippen LogP contribution in [0.5, 0.6) is 0 Å². The van der Waals surface area contributed by atoms with Gasteiger partial charge in [0.15, 0.2) is 0 Å². The van der Waals surface area contributed by atoms with Gasteiger partial charge in [-0.2, -0.15) is 48.3 Å². The van der Waals surface area contributed by atoms with Gasteiger partial charge >= 0.3 is 42.1 Å². The van der Waals surface area contributed by atoms with E-state index in [1.165, 1.54) is 0 Å². The summed E-state index contributed by atoms with van der Waals surface area (Å²) in [5.74, 6) is -30.9. The molecule has 0 aliphatic carbocycles. The summed E-state index contributed by atoms with van der Waals surface area (Å²) < 4.78 is 164. The number of hydrogen-bond acceptors (Lipinski definition) is 0. The predicted molar refractivity (Wildman–Crippen MR) is 54.1 cm³/mol. The van der Waals surface area contributed by atoms with Gasteiger partial charge in [0.05, 0.1) is 0 Å². The molecule has 0 rings (SSSR count). The van der Waals surface area contributed by atoms with E-state index in [0.29, 0.717) is 0 Å². The minimum atomic E-state index is -7.93. The van der Waals surface area contributed by atoms with E-state index < -0.39 is 42.1 Å². The van der Waals surface area contributed by atoms with Crippen molar-refractivity contribution >= 4 is 28.9 Å². The summed E-state index contributed by atoms with van der Waals surface area (Å²) in [5.41, 5.74) is -6.38. The van der Waals surface area contributed by atoms with Crippen LogP contribution >= 0.6 is 22.2 Å². The third-order valence-corrected chi connectivity index (χ3v) is 5.33. The van der Waals surface area contributed by atoms with Gasteiger partial charge in [0, 0.05) is 0 Å². The zero-order valence-corrected chi connectivity index (χ0v) is 12.7. The van der Waals surface area contributed by atoms with Crippen molar-refractivity contribution in [3.8, 4) is 0 Å². The van der Waals surface area contributed by atoms with Crippen LogP contribution in [-0.2, 0) is 0 Å². The summed E-state index contributed by atoms with van der Waals surface area (Å²) in [7, 11) is 0. The lowest BCUT2D eigenvalue weighted by atomic mass is 9.98. The van der Waals surface area contributed by atoms with Gasteiger partial charge in [0.1, 0.15) is 0 Å². The quantitative estimate of drug-likeness (QED) is 0.292. The van der Waals surface area contributed by atoms with E-state index in [0.717, 1.165) is 0 Å². The molecule has 0 spiro atoms. The van der Waals surface area contributed by atoms with E-state index in [1.807, 2.05) is 0 Å². The van der Waals surface area contributed by atoms with Crippen LogP contribution in [0.2, 0.25) is 6.55 Å². The lowest BCUT2D eigenvalue weighted by molar-refractivity contribution is -0.434. The number of rotatable bonds is 5. The first-order chi connectivity index (χ1) is 9.50. The molecule has 0 N–H and O–H groups in total. The van der Waals surface area contributed by atoms with Gasteiger partial charge in [0.25, 0.3) is 0 Å². The second-order valence-corrected chi connectivity index (χ2v) is 11.8. The Bertz CT molecular complexity index is 408. The largest absolute Gasteiger partial charge is 0.460 e. The number of halogens is 15. The van der Waals surface area contributed by atoms with Crippen LogP contribution in [0.4, 0.5) is 57.1 Å². The van der Waals surface area contributed by atoms with Crippen LogP contribution in [0.3, 0.4) is 0 Å². The second-order valence-electron chi connectivity index (χ2n) is 4.26. The molecule has 0 aliphatic heterocycles. The van der Waals surface area contributed by atoms with E-state index in [-0.39, 0.29) is 6.55 Å². The third kappa shape index (κ3) is 2.98. The number of alkyl halides is 13. The van der Waals surface area contributed by atoms with Crippen molar-refractivity contribution in [2.24, 2.45) is 0 Å². The standard InChI is InChI=1S/C7H3Cl2F13Si/c1-23(8,9)7(21,22)5(16,17)3(12,13)2(10,11)4(14,15)6(18,19)20/h1H3. The van der Waals surface area contributed by atoms with Gasteiger partial charge in [-0.25, -0.2) is 8.78 Å². The van der Waals surface area contributed by atoms with Crippen LogP contribution in [0.25, 0.3) is 0 Å². The molecule has 0 atom stereocenters. The fourth-order valence-electron chi connectivity index (χ4n) is 1.05. The highest BCUT2D eigenvalue weighted by atomic mass is 35.7. The third-order valence-electron chi connectivity index (χ3n) is 2.48. The van der Waals surface area contributed by atoms with Gasteiger partial charge in [-0.05, 0) is 6.55 Å². The SMILES string of the molecule is C[Si](Cl)(Cl)C(F)(F)C(F)(F)C(F)(F)C(F)(F)C(F)(F)C(F)(F)F. The van der Waals surface area contributed by atoms with E-state index >= 15 is 0 Å². The zero-order chi connectivity index (χ0) is 19.5. The Morgan fingerprint density at radius 1 is 0.522 bits per heavy atom. The normalized spacial score (nSPS) is 16.7. The molecule has 0 unspecified atom stereocenters. The average molecular weight is 433 g/mol. The first kappa shape index (κ1) is 22.9. The maximum absolute atomic E-state index is 13.1. The summed E-state index contributed by atoms with van der Waals surface area (Å²) in [6, 6.07) is 0. The monoisotopic (exact) mass is 432 g/mol. The summed E-state index contributed by atoms with van der Waals surface area (Å²) in [6.07, 6.45) is -7.44. The molecule has 0 saturated heterocycles. The Balaban J connectivity index is 6.37. The van der Waals surface area contributed by atoms with Crippen LogP contribution in [0.15, 0.2) is 0 Å². The molecule has 0 aromatic heterocycles. The highest BCUT2D eigenvalue weighted by molar-refractivity contribution is 7.46. The summed E-state index contributed by atoms with van der Waals surface area (Å²) in [6.45, 7) is -5.94.